The zero-order valence-corrected chi connectivity index (χ0v) is 13.5. The van der Waals surface area contributed by atoms with Crippen molar-refractivity contribution in [2.24, 2.45) is 0 Å². The normalized spacial score (nSPS) is 11.3. The van der Waals surface area contributed by atoms with Crippen LogP contribution in [-0.4, -0.2) is 14.4 Å². The maximum absolute atomic E-state index is 4.82. The quantitative estimate of drug-likeness (QED) is 0.590. The number of benzene rings is 2. The lowest BCUT2D eigenvalue weighted by Gasteiger charge is -2.14. The van der Waals surface area contributed by atoms with Crippen molar-refractivity contribution in [2.75, 3.05) is 5.32 Å². The second-order valence-electron chi connectivity index (χ2n) is 5.99. The highest BCUT2D eigenvalue weighted by Gasteiger charge is 2.11. The van der Waals surface area contributed by atoms with Gasteiger partial charge in [-0.3, -0.25) is 4.40 Å². The molecule has 114 valence electrons. The first-order chi connectivity index (χ1) is 11.1. The number of hydrogen-bond acceptors (Lipinski definition) is 3. The van der Waals surface area contributed by atoms with Gasteiger partial charge in [0.15, 0.2) is 5.82 Å². The molecule has 2 heterocycles. The van der Waals surface area contributed by atoms with Crippen molar-refractivity contribution in [3.05, 3.63) is 65.6 Å². The van der Waals surface area contributed by atoms with Crippen molar-refractivity contribution >= 4 is 28.1 Å². The molecule has 2 aromatic carbocycles. The molecule has 0 aliphatic heterocycles. The molecule has 0 amide bonds. The van der Waals surface area contributed by atoms with Crippen LogP contribution in [0.5, 0.6) is 0 Å². The number of hydrogen-bond donors (Lipinski definition) is 1. The smallest absolute Gasteiger partial charge is 0.157 e. The van der Waals surface area contributed by atoms with Crippen LogP contribution in [0.3, 0.4) is 0 Å². The molecule has 0 unspecified atom stereocenters. The molecule has 1 N–H and O–H groups in total. The van der Waals surface area contributed by atoms with Crippen LogP contribution in [0.25, 0.3) is 16.6 Å². The Bertz CT molecular complexity index is 1010. The fourth-order valence-corrected chi connectivity index (χ4v) is 2.98. The minimum Gasteiger partial charge on any atom is -0.338 e. The van der Waals surface area contributed by atoms with Gasteiger partial charge in [0.2, 0.25) is 0 Å². The van der Waals surface area contributed by atoms with Crippen molar-refractivity contribution in [1.29, 1.82) is 0 Å². The molecule has 0 spiro atoms. The zero-order valence-electron chi connectivity index (χ0n) is 13.5. The van der Waals surface area contributed by atoms with Gasteiger partial charge in [0.1, 0.15) is 5.52 Å². The number of aryl methyl sites for hydroxylation is 3. The molecule has 4 nitrogen and oxygen atoms in total. The number of anilines is 2. The second-order valence-corrected chi connectivity index (χ2v) is 5.99. The van der Waals surface area contributed by atoms with E-state index in [4.69, 9.17) is 4.98 Å². The monoisotopic (exact) mass is 302 g/mol. The average Bonchev–Trinajstić information content (AvgIpc) is 3.01. The molecule has 0 bridgehead atoms. The molecule has 4 heteroatoms. The SMILES string of the molecule is Cc1ccc2nc(Nc3c(C)cccc3C)c3cncn3c2c1. The number of nitrogens with one attached hydrogen (secondary N) is 1. The number of para-hydroxylation sites is 1. The first-order valence-corrected chi connectivity index (χ1v) is 7.69. The summed E-state index contributed by atoms with van der Waals surface area (Å²) in [5.41, 5.74) is 7.73. The van der Waals surface area contributed by atoms with Crippen LogP contribution < -0.4 is 5.32 Å². The Morgan fingerprint density at radius 2 is 1.74 bits per heavy atom. The first kappa shape index (κ1) is 13.8. The molecule has 0 aliphatic carbocycles. The second kappa shape index (κ2) is 5.09. The molecule has 23 heavy (non-hydrogen) atoms. The third kappa shape index (κ3) is 2.23. The molecule has 0 atom stereocenters. The Hall–Kier alpha value is -2.88. The summed E-state index contributed by atoms with van der Waals surface area (Å²) < 4.78 is 2.09. The van der Waals surface area contributed by atoms with Crippen LogP contribution in [0, 0.1) is 20.8 Å². The fraction of sp³-hybridized carbons (Fsp3) is 0.158. The maximum Gasteiger partial charge on any atom is 0.157 e. The summed E-state index contributed by atoms with van der Waals surface area (Å²) in [7, 11) is 0. The first-order valence-electron chi connectivity index (χ1n) is 7.69. The highest BCUT2D eigenvalue weighted by Crippen LogP contribution is 2.28. The van der Waals surface area contributed by atoms with E-state index >= 15 is 0 Å². The minimum atomic E-state index is 0.830. The molecule has 0 fully saturated rings. The Labute approximate surface area is 134 Å². The van der Waals surface area contributed by atoms with Crippen LogP contribution in [0.1, 0.15) is 16.7 Å². The summed E-state index contributed by atoms with van der Waals surface area (Å²) in [4.78, 5) is 9.13. The molecule has 0 radical (unpaired) electrons. The Morgan fingerprint density at radius 3 is 2.52 bits per heavy atom. The van der Waals surface area contributed by atoms with E-state index in [1.165, 1.54) is 16.7 Å². The number of fused-ring (bicyclic) bond motifs is 3. The van der Waals surface area contributed by atoms with Crippen LogP contribution in [0.15, 0.2) is 48.9 Å². The molecular weight excluding hydrogens is 284 g/mol. The highest BCUT2D eigenvalue weighted by molar-refractivity contribution is 5.86. The maximum atomic E-state index is 4.82. The summed E-state index contributed by atoms with van der Waals surface area (Å²) >= 11 is 0. The van der Waals surface area contributed by atoms with Gasteiger partial charge in [0.25, 0.3) is 0 Å². The number of imidazole rings is 1. The third-order valence-electron chi connectivity index (χ3n) is 4.23. The van der Waals surface area contributed by atoms with Crippen LogP contribution in [0.4, 0.5) is 11.5 Å². The Balaban J connectivity index is 1.96. The van der Waals surface area contributed by atoms with E-state index in [9.17, 15) is 0 Å². The van der Waals surface area contributed by atoms with Crippen LogP contribution in [-0.2, 0) is 0 Å². The van der Waals surface area contributed by atoms with Gasteiger partial charge in [-0.1, -0.05) is 24.3 Å². The van der Waals surface area contributed by atoms with Gasteiger partial charge >= 0.3 is 0 Å². The zero-order chi connectivity index (χ0) is 16.0. The van der Waals surface area contributed by atoms with E-state index in [1.54, 1.807) is 0 Å². The molecule has 0 saturated carbocycles. The summed E-state index contributed by atoms with van der Waals surface area (Å²) in [5, 5.41) is 3.50. The molecular formula is C19H18N4. The summed E-state index contributed by atoms with van der Waals surface area (Å²) in [6.45, 7) is 6.30. The van der Waals surface area contributed by atoms with Crippen molar-refractivity contribution in [3.8, 4) is 0 Å². The van der Waals surface area contributed by atoms with E-state index in [0.29, 0.717) is 0 Å². The van der Waals surface area contributed by atoms with Gasteiger partial charge in [0.05, 0.1) is 23.6 Å². The number of rotatable bonds is 2. The summed E-state index contributed by atoms with van der Waals surface area (Å²) in [6.07, 6.45) is 3.69. The lowest BCUT2D eigenvalue weighted by molar-refractivity contribution is 1.18. The van der Waals surface area contributed by atoms with Crippen LogP contribution in [0.2, 0.25) is 0 Å². The topological polar surface area (TPSA) is 42.2 Å². The van der Waals surface area contributed by atoms with Crippen molar-refractivity contribution in [1.82, 2.24) is 14.4 Å². The van der Waals surface area contributed by atoms with E-state index in [1.807, 2.05) is 12.5 Å². The average molecular weight is 302 g/mol. The number of aromatic nitrogens is 3. The van der Waals surface area contributed by atoms with Crippen molar-refractivity contribution < 1.29 is 0 Å². The van der Waals surface area contributed by atoms with Gasteiger partial charge in [-0.25, -0.2) is 9.97 Å². The van der Waals surface area contributed by atoms with Gasteiger partial charge < -0.3 is 5.32 Å². The fourth-order valence-electron chi connectivity index (χ4n) is 2.98. The number of nitrogens with zero attached hydrogens (tertiary/aromatic N) is 3. The van der Waals surface area contributed by atoms with Gasteiger partial charge in [-0.05, 0) is 49.6 Å². The summed E-state index contributed by atoms with van der Waals surface area (Å²) in [6, 6.07) is 12.6. The molecule has 0 saturated heterocycles. The van der Waals surface area contributed by atoms with Crippen molar-refractivity contribution in [3.63, 3.8) is 0 Å². The third-order valence-corrected chi connectivity index (χ3v) is 4.23. The van der Waals surface area contributed by atoms with Crippen LogP contribution >= 0.6 is 0 Å². The molecule has 2 aromatic heterocycles. The standard InChI is InChI=1S/C19H18N4/c1-12-7-8-15-16(9-12)23-11-20-10-17(23)19(21-15)22-18-13(2)5-4-6-14(18)3/h4-11H,1-3H3,(H,21,22). The Morgan fingerprint density at radius 1 is 0.957 bits per heavy atom. The predicted molar refractivity (Wildman–Crippen MR) is 94.4 cm³/mol. The van der Waals surface area contributed by atoms with E-state index in [2.05, 4.69) is 71.9 Å². The van der Waals surface area contributed by atoms with Crippen molar-refractivity contribution in [2.45, 2.75) is 20.8 Å². The predicted octanol–water partition coefficient (Wildman–Crippen LogP) is 4.55. The highest BCUT2D eigenvalue weighted by atomic mass is 15.1. The van der Waals surface area contributed by atoms with Gasteiger partial charge in [0, 0.05) is 5.69 Å². The lowest BCUT2D eigenvalue weighted by atomic mass is 10.1. The van der Waals surface area contributed by atoms with Gasteiger partial charge in [-0.15, -0.1) is 0 Å². The summed E-state index contributed by atoms with van der Waals surface area (Å²) in [5.74, 6) is 0.830. The van der Waals surface area contributed by atoms with E-state index in [-0.39, 0.29) is 0 Å². The largest absolute Gasteiger partial charge is 0.338 e. The minimum absolute atomic E-state index is 0.830. The van der Waals surface area contributed by atoms with E-state index in [0.717, 1.165) is 28.1 Å². The lowest BCUT2D eigenvalue weighted by Crippen LogP contribution is -2.02. The van der Waals surface area contributed by atoms with Gasteiger partial charge in [-0.2, -0.15) is 0 Å². The molecule has 4 rings (SSSR count). The molecule has 4 aromatic rings. The Kier molecular flexibility index (Phi) is 3.05. The molecule has 0 aliphatic rings. The van der Waals surface area contributed by atoms with E-state index < -0.39 is 0 Å².